The number of rotatable bonds is 6. The third-order valence-corrected chi connectivity index (χ3v) is 4.86. The van der Waals surface area contributed by atoms with Gasteiger partial charge >= 0.3 is 6.03 Å². The number of amides is 3. The first kappa shape index (κ1) is 19.4. The lowest BCUT2D eigenvalue weighted by atomic mass is 10.1. The molecule has 1 aromatic heterocycles. The van der Waals surface area contributed by atoms with Crippen LogP contribution in [0.5, 0.6) is 17.2 Å². The van der Waals surface area contributed by atoms with Gasteiger partial charge in [-0.2, -0.15) is 0 Å². The van der Waals surface area contributed by atoms with Crippen LogP contribution in [0.2, 0.25) is 0 Å². The summed E-state index contributed by atoms with van der Waals surface area (Å²) in [6.45, 7) is 0. The Labute approximate surface area is 171 Å². The monoisotopic (exact) mass is 410 g/mol. The lowest BCUT2D eigenvalue weighted by Gasteiger charge is -2.21. The molecule has 1 aliphatic rings. The van der Waals surface area contributed by atoms with Crippen molar-refractivity contribution < 1.29 is 23.5 Å². The van der Waals surface area contributed by atoms with E-state index in [1.165, 1.54) is 36.4 Å². The zero-order valence-electron chi connectivity index (χ0n) is 16.1. The second-order valence-electron chi connectivity index (χ2n) is 6.87. The number of anilines is 1. The van der Waals surface area contributed by atoms with Crippen molar-refractivity contribution in [3.8, 4) is 17.2 Å². The van der Waals surface area contributed by atoms with Gasteiger partial charge in [-0.1, -0.05) is 6.07 Å². The van der Waals surface area contributed by atoms with E-state index >= 15 is 4.39 Å². The standard InChI is InChI=1S/C21H19FN4O4/c1-29-18-10-14-12(9-13(18)20(23)27)16(7-8-25-14)30-17-4-2-3-15(19(17)22)26(21(24)28)11-5-6-11/h2-4,7-11H,5-6H2,1H3,(H2,23,27)(H2,24,28). The van der Waals surface area contributed by atoms with Gasteiger partial charge in [0.15, 0.2) is 11.6 Å². The van der Waals surface area contributed by atoms with Gasteiger partial charge in [0.05, 0.1) is 23.9 Å². The number of aromatic nitrogens is 1. The maximum Gasteiger partial charge on any atom is 0.319 e. The number of hydrogen-bond donors (Lipinski definition) is 2. The predicted octanol–water partition coefficient (Wildman–Crippen LogP) is 3.32. The van der Waals surface area contributed by atoms with Crippen molar-refractivity contribution in [2.24, 2.45) is 11.5 Å². The number of hydrogen-bond acceptors (Lipinski definition) is 5. The zero-order valence-corrected chi connectivity index (χ0v) is 16.1. The molecule has 1 aliphatic carbocycles. The van der Waals surface area contributed by atoms with Crippen LogP contribution in [0.3, 0.4) is 0 Å². The van der Waals surface area contributed by atoms with Crippen LogP contribution in [-0.2, 0) is 0 Å². The summed E-state index contributed by atoms with van der Waals surface area (Å²) < 4.78 is 26.2. The van der Waals surface area contributed by atoms with E-state index in [-0.39, 0.29) is 34.5 Å². The minimum absolute atomic E-state index is 0.0559. The van der Waals surface area contributed by atoms with Crippen LogP contribution in [-0.4, -0.2) is 30.1 Å². The molecule has 0 saturated heterocycles. The van der Waals surface area contributed by atoms with Crippen molar-refractivity contribution in [3.05, 3.63) is 54.0 Å². The van der Waals surface area contributed by atoms with Crippen molar-refractivity contribution in [1.29, 1.82) is 0 Å². The topological polar surface area (TPSA) is 121 Å². The fourth-order valence-electron chi connectivity index (χ4n) is 3.31. The molecule has 154 valence electrons. The lowest BCUT2D eigenvalue weighted by Crippen LogP contribution is -2.38. The Bertz CT molecular complexity index is 1160. The minimum Gasteiger partial charge on any atom is -0.496 e. The summed E-state index contributed by atoms with van der Waals surface area (Å²) in [5.41, 5.74) is 11.6. The Hall–Kier alpha value is -3.88. The van der Waals surface area contributed by atoms with Crippen LogP contribution in [0.25, 0.3) is 10.9 Å². The summed E-state index contributed by atoms with van der Waals surface area (Å²) in [6.07, 6.45) is 3.02. The number of nitrogens with zero attached hydrogens (tertiary/aromatic N) is 2. The minimum atomic E-state index is -0.721. The molecule has 1 heterocycles. The van der Waals surface area contributed by atoms with Crippen molar-refractivity contribution in [1.82, 2.24) is 4.98 Å². The highest BCUT2D eigenvalue weighted by atomic mass is 19.1. The molecule has 3 amide bonds. The molecule has 4 rings (SSSR count). The molecule has 0 unspecified atom stereocenters. The maximum atomic E-state index is 15.2. The van der Waals surface area contributed by atoms with Crippen molar-refractivity contribution in [2.45, 2.75) is 18.9 Å². The number of carbonyl (C=O) groups excluding carboxylic acids is 2. The molecular weight excluding hydrogens is 391 g/mol. The van der Waals surface area contributed by atoms with Gasteiger partial charge in [0.25, 0.3) is 5.91 Å². The number of carbonyl (C=O) groups is 2. The van der Waals surface area contributed by atoms with E-state index in [1.54, 1.807) is 18.2 Å². The summed E-state index contributed by atoms with van der Waals surface area (Å²) in [6, 6.07) is 8.24. The normalized spacial score (nSPS) is 13.1. The van der Waals surface area contributed by atoms with E-state index in [9.17, 15) is 9.59 Å². The molecule has 3 aromatic rings. The number of nitrogens with two attached hydrogens (primary N) is 2. The average Bonchev–Trinajstić information content (AvgIpc) is 3.54. The fourth-order valence-corrected chi connectivity index (χ4v) is 3.31. The van der Waals surface area contributed by atoms with Crippen LogP contribution in [0, 0.1) is 5.82 Å². The van der Waals surface area contributed by atoms with Gasteiger partial charge in [-0.25, -0.2) is 9.18 Å². The first-order valence-corrected chi connectivity index (χ1v) is 9.22. The van der Waals surface area contributed by atoms with Gasteiger partial charge in [-0.05, 0) is 37.1 Å². The van der Waals surface area contributed by atoms with E-state index in [4.69, 9.17) is 20.9 Å². The lowest BCUT2D eigenvalue weighted by molar-refractivity contribution is 0.0997. The molecule has 8 nitrogen and oxygen atoms in total. The molecular formula is C21H19FN4O4. The molecule has 1 saturated carbocycles. The molecule has 0 spiro atoms. The number of benzene rings is 2. The molecule has 30 heavy (non-hydrogen) atoms. The highest BCUT2D eigenvalue weighted by Gasteiger charge is 2.34. The summed E-state index contributed by atoms with van der Waals surface area (Å²) >= 11 is 0. The van der Waals surface area contributed by atoms with Gasteiger partial charge in [0, 0.05) is 23.7 Å². The number of methoxy groups -OCH3 is 1. The summed E-state index contributed by atoms with van der Waals surface area (Å²) in [5.74, 6) is -0.953. The number of ether oxygens (including phenoxy) is 2. The largest absolute Gasteiger partial charge is 0.496 e. The quantitative estimate of drug-likeness (QED) is 0.646. The van der Waals surface area contributed by atoms with E-state index in [2.05, 4.69) is 4.98 Å². The SMILES string of the molecule is COc1cc2nccc(Oc3cccc(N(C(N)=O)C4CC4)c3F)c2cc1C(N)=O. The summed E-state index contributed by atoms with van der Waals surface area (Å²) in [5, 5.41) is 0.450. The number of pyridine rings is 1. The number of primary amides is 2. The third-order valence-electron chi connectivity index (χ3n) is 4.86. The van der Waals surface area contributed by atoms with Gasteiger partial charge in [-0.15, -0.1) is 0 Å². The van der Waals surface area contributed by atoms with E-state index in [1.807, 2.05) is 0 Å². The van der Waals surface area contributed by atoms with Crippen molar-refractivity contribution >= 4 is 28.5 Å². The van der Waals surface area contributed by atoms with Crippen molar-refractivity contribution in [2.75, 3.05) is 12.0 Å². The van der Waals surface area contributed by atoms with Gasteiger partial charge < -0.3 is 20.9 Å². The van der Waals surface area contributed by atoms with Crippen molar-refractivity contribution in [3.63, 3.8) is 0 Å². The van der Waals surface area contributed by atoms with Gasteiger partial charge in [0.2, 0.25) is 0 Å². The molecule has 9 heteroatoms. The highest BCUT2D eigenvalue weighted by molar-refractivity contribution is 6.01. The molecule has 0 radical (unpaired) electrons. The fraction of sp³-hybridized carbons (Fsp3) is 0.190. The number of halogens is 1. The molecule has 1 fully saturated rings. The molecule has 0 atom stereocenters. The van der Waals surface area contributed by atoms with Gasteiger partial charge in [-0.3, -0.25) is 14.7 Å². The molecule has 0 bridgehead atoms. The van der Waals surface area contributed by atoms with E-state index in [0.29, 0.717) is 10.9 Å². The Balaban J connectivity index is 1.78. The third kappa shape index (κ3) is 3.45. The second kappa shape index (κ2) is 7.51. The number of urea groups is 1. The van der Waals surface area contributed by atoms with E-state index in [0.717, 1.165) is 12.8 Å². The molecule has 4 N–H and O–H groups in total. The first-order valence-electron chi connectivity index (χ1n) is 9.22. The Morgan fingerprint density at radius 1 is 1.13 bits per heavy atom. The molecule has 0 aliphatic heterocycles. The molecule has 2 aromatic carbocycles. The smallest absolute Gasteiger partial charge is 0.319 e. The van der Waals surface area contributed by atoms with Crippen LogP contribution >= 0.6 is 0 Å². The van der Waals surface area contributed by atoms with Crippen LogP contribution in [0.15, 0.2) is 42.6 Å². The number of fused-ring (bicyclic) bond motifs is 1. The van der Waals surface area contributed by atoms with Crippen LogP contribution in [0.4, 0.5) is 14.9 Å². The summed E-state index contributed by atoms with van der Waals surface area (Å²) in [7, 11) is 1.42. The van der Waals surface area contributed by atoms with Gasteiger partial charge in [0.1, 0.15) is 11.5 Å². The first-order chi connectivity index (χ1) is 14.4. The van der Waals surface area contributed by atoms with E-state index < -0.39 is 17.8 Å². The average molecular weight is 410 g/mol. The summed E-state index contributed by atoms with van der Waals surface area (Å²) in [4.78, 5) is 29.1. The highest BCUT2D eigenvalue weighted by Crippen LogP contribution is 2.38. The maximum absolute atomic E-state index is 15.2. The van der Waals surface area contributed by atoms with Crippen LogP contribution in [0.1, 0.15) is 23.2 Å². The zero-order chi connectivity index (χ0) is 21.4. The predicted molar refractivity (Wildman–Crippen MR) is 108 cm³/mol. The van der Waals surface area contributed by atoms with Crippen LogP contribution < -0.4 is 25.8 Å². The second-order valence-corrected chi connectivity index (χ2v) is 6.87. The Kier molecular flexibility index (Phi) is 4.86. The Morgan fingerprint density at radius 2 is 1.90 bits per heavy atom. The Morgan fingerprint density at radius 3 is 2.53 bits per heavy atom.